The summed E-state index contributed by atoms with van der Waals surface area (Å²) in [6.45, 7) is -0.383. The molecule has 1 aliphatic carbocycles. The summed E-state index contributed by atoms with van der Waals surface area (Å²) in [6, 6.07) is 15.1. The normalized spacial score (nSPS) is 16.0. The van der Waals surface area contributed by atoms with Crippen molar-refractivity contribution in [3.8, 4) is 6.07 Å². The van der Waals surface area contributed by atoms with Crippen LogP contribution in [-0.4, -0.2) is 24.0 Å². The third-order valence-electron chi connectivity index (χ3n) is 4.64. The van der Waals surface area contributed by atoms with E-state index in [1.54, 1.807) is 12.1 Å². The highest BCUT2D eigenvalue weighted by Gasteiger charge is 2.33. The maximum Gasteiger partial charge on any atom is 0.339 e. The van der Waals surface area contributed by atoms with Gasteiger partial charge in [-0.2, -0.15) is 5.26 Å². The quantitative estimate of drug-likeness (QED) is 0.869. The zero-order chi connectivity index (χ0) is 17.7. The molecule has 25 heavy (non-hydrogen) atoms. The molecule has 1 fully saturated rings. The van der Waals surface area contributed by atoms with E-state index in [2.05, 4.69) is 11.4 Å². The summed E-state index contributed by atoms with van der Waals surface area (Å²) in [5.41, 5.74) is -0.389. The topological polar surface area (TPSA) is 79.2 Å². The molecule has 128 valence electrons. The van der Waals surface area contributed by atoms with Gasteiger partial charge in [-0.25, -0.2) is 4.79 Å². The Morgan fingerprint density at radius 3 is 2.56 bits per heavy atom. The van der Waals surface area contributed by atoms with E-state index >= 15 is 0 Å². The fourth-order valence-corrected chi connectivity index (χ4v) is 3.34. The van der Waals surface area contributed by atoms with Gasteiger partial charge in [0.25, 0.3) is 5.91 Å². The lowest BCUT2D eigenvalue weighted by molar-refractivity contribution is -0.125. The van der Waals surface area contributed by atoms with Gasteiger partial charge < -0.3 is 10.1 Å². The van der Waals surface area contributed by atoms with Crippen LogP contribution in [-0.2, 0) is 9.53 Å². The Morgan fingerprint density at radius 1 is 1.08 bits per heavy atom. The van der Waals surface area contributed by atoms with E-state index in [1.807, 2.05) is 30.3 Å². The number of esters is 1. The first kappa shape index (κ1) is 17.0. The van der Waals surface area contributed by atoms with Gasteiger partial charge in [-0.3, -0.25) is 4.79 Å². The summed E-state index contributed by atoms with van der Waals surface area (Å²) in [7, 11) is 0. The Hall–Kier alpha value is -2.87. The van der Waals surface area contributed by atoms with E-state index in [0.29, 0.717) is 18.4 Å². The highest BCUT2D eigenvalue weighted by atomic mass is 16.5. The highest BCUT2D eigenvalue weighted by Crippen LogP contribution is 2.27. The molecule has 0 unspecified atom stereocenters. The number of benzene rings is 2. The molecule has 2 aromatic carbocycles. The average Bonchev–Trinajstić information content (AvgIpc) is 2.66. The molecule has 1 amide bonds. The molecular weight excluding hydrogens is 316 g/mol. The summed E-state index contributed by atoms with van der Waals surface area (Å²) in [4.78, 5) is 24.5. The standard InChI is InChI=1S/C20H20N2O3/c21-14-20(11-4-1-5-12-20)22-18(23)13-25-19(24)17-10-6-8-15-7-2-3-9-16(15)17/h2-3,6-10H,1,4-5,11-13H2,(H,22,23). The molecule has 0 saturated heterocycles. The molecule has 0 spiro atoms. The Balaban J connectivity index is 1.64. The first-order chi connectivity index (χ1) is 12.1. The third-order valence-corrected chi connectivity index (χ3v) is 4.64. The van der Waals surface area contributed by atoms with Gasteiger partial charge in [-0.05, 0) is 29.7 Å². The average molecular weight is 336 g/mol. The minimum absolute atomic E-state index is 0.383. The van der Waals surface area contributed by atoms with Gasteiger partial charge in [0, 0.05) is 0 Å². The number of fused-ring (bicyclic) bond motifs is 1. The fourth-order valence-electron chi connectivity index (χ4n) is 3.34. The van der Waals surface area contributed by atoms with Gasteiger partial charge in [-0.1, -0.05) is 55.7 Å². The van der Waals surface area contributed by atoms with Crippen molar-refractivity contribution in [1.82, 2.24) is 5.32 Å². The molecule has 0 aromatic heterocycles. The zero-order valence-corrected chi connectivity index (χ0v) is 14.0. The number of ether oxygens (including phenoxy) is 1. The largest absolute Gasteiger partial charge is 0.452 e. The van der Waals surface area contributed by atoms with Crippen LogP contribution in [0.4, 0.5) is 0 Å². The Labute approximate surface area is 146 Å². The van der Waals surface area contributed by atoms with Crippen molar-refractivity contribution in [1.29, 1.82) is 5.26 Å². The summed E-state index contributed by atoms with van der Waals surface area (Å²) in [5.74, 6) is -0.973. The maximum absolute atomic E-state index is 12.3. The first-order valence-corrected chi connectivity index (χ1v) is 8.51. The van der Waals surface area contributed by atoms with Crippen LogP contribution < -0.4 is 5.32 Å². The molecule has 1 N–H and O–H groups in total. The predicted octanol–water partition coefficient (Wildman–Crippen LogP) is 3.34. The molecule has 1 saturated carbocycles. The fraction of sp³-hybridized carbons (Fsp3) is 0.350. The SMILES string of the molecule is N#CC1(NC(=O)COC(=O)c2cccc3ccccc23)CCCCC1. The van der Waals surface area contributed by atoms with Crippen LogP contribution in [0.5, 0.6) is 0 Å². The molecule has 0 heterocycles. The van der Waals surface area contributed by atoms with Gasteiger partial charge >= 0.3 is 5.97 Å². The second-order valence-electron chi connectivity index (χ2n) is 6.41. The van der Waals surface area contributed by atoms with Crippen molar-refractivity contribution in [3.05, 3.63) is 48.0 Å². The lowest BCUT2D eigenvalue weighted by Gasteiger charge is -2.31. The van der Waals surface area contributed by atoms with E-state index in [-0.39, 0.29) is 6.61 Å². The van der Waals surface area contributed by atoms with Gasteiger partial charge in [0.15, 0.2) is 6.61 Å². The lowest BCUT2D eigenvalue weighted by atomic mass is 9.83. The van der Waals surface area contributed by atoms with Crippen LogP contribution in [0.1, 0.15) is 42.5 Å². The molecular formula is C20H20N2O3. The minimum atomic E-state index is -0.818. The highest BCUT2D eigenvalue weighted by molar-refractivity contribution is 6.04. The third kappa shape index (κ3) is 3.80. The van der Waals surface area contributed by atoms with Crippen LogP contribution in [0.15, 0.2) is 42.5 Å². The Bertz CT molecular complexity index is 827. The van der Waals surface area contributed by atoms with Crippen LogP contribution >= 0.6 is 0 Å². The van der Waals surface area contributed by atoms with E-state index in [4.69, 9.17) is 4.74 Å². The van der Waals surface area contributed by atoms with Gasteiger partial charge in [0.05, 0.1) is 11.6 Å². The zero-order valence-electron chi connectivity index (χ0n) is 14.0. The first-order valence-electron chi connectivity index (χ1n) is 8.51. The van der Waals surface area contributed by atoms with E-state index < -0.39 is 17.4 Å². The predicted molar refractivity (Wildman–Crippen MR) is 93.8 cm³/mol. The van der Waals surface area contributed by atoms with Crippen molar-refractivity contribution < 1.29 is 14.3 Å². The summed E-state index contributed by atoms with van der Waals surface area (Å²) >= 11 is 0. The molecule has 1 aliphatic rings. The number of rotatable bonds is 4. The maximum atomic E-state index is 12.3. The number of nitrogens with zero attached hydrogens (tertiary/aromatic N) is 1. The molecule has 0 radical (unpaired) electrons. The van der Waals surface area contributed by atoms with E-state index in [0.717, 1.165) is 30.0 Å². The van der Waals surface area contributed by atoms with Gasteiger partial charge in [-0.15, -0.1) is 0 Å². The van der Waals surface area contributed by atoms with Crippen LogP contribution in [0.25, 0.3) is 10.8 Å². The number of hydrogen-bond donors (Lipinski definition) is 1. The summed E-state index contributed by atoms with van der Waals surface area (Å²) in [6.07, 6.45) is 4.21. The van der Waals surface area contributed by atoms with Crippen LogP contribution in [0.3, 0.4) is 0 Å². The van der Waals surface area contributed by atoms with Crippen molar-refractivity contribution in [3.63, 3.8) is 0 Å². The van der Waals surface area contributed by atoms with Gasteiger partial charge in [0.2, 0.25) is 0 Å². The number of carbonyl (C=O) groups excluding carboxylic acids is 2. The lowest BCUT2D eigenvalue weighted by Crippen LogP contribution is -2.50. The van der Waals surface area contributed by atoms with Crippen molar-refractivity contribution in [2.24, 2.45) is 0 Å². The smallest absolute Gasteiger partial charge is 0.339 e. The Kier molecular flexibility index (Phi) is 4.99. The molecule has 2 aromatic rings. The molecule has 3 rings (SSSR count). The van der Waals surface area contributed by atoms with Crippen molar-refractivity contribution in [2.75, 3.05) is 6.61 Å². The van der Waals surface area contributed by atoms with Crippen LogP contribution in [0.2, 0.25) is 0 Å². The molecule has 0 atom stereocenters. The summed E-state index contributed by atoms with van der Waals surface area (Å²) in [5, 5.41) is 13.9. The van der Waals surface area contributed by atoms with Crippen molar-refractivity contribution >= 4 is 22.6 Å². The second-order valence-corrected chi connectivity index (χ2v) is 6.41. The van der Waals surface area contributed by atoms with E-state index in [9.17, 15) is 14.9 Å². The minimum Gasteiger partial charge on any atom is -0.452 e. The monoisotopic (exact) mass is 336 g/mol. The molecule has 0 aliphatic heterocycles. The number of hydrogen-bond acceptors (Lipinski definition) is 4. The molecule has 5 heteroatoms. The number of carbonyl (C=O) groups is 2. The molecule has 5 nitrogen and oxygen atoms in total. The van der Waals surface area contributed by atoms with Gasteiger partial charge in [0.1, 0.15) is 5.54 Å². The second kappa shape index (κ2) is 7.35. The molecule has 0 bridgehead atoms. The Morgan fingerprint density at radius 2 is 1.80 bits per heavy atom. The van der Waals surface area contributed by atoms with Crippen molar-refractivity contribution in [2.45, 2.75) is 37.6 Å². The number of nitrogens with one attached hydrogen (secondary N) is 1. The summed E-state index contributed by atoms with van der Waals surface area (Å²) < 4.78 is 5.17. The number of nitriles is 1. The van der Waals surface area contributed by atoms with E-state index in [1.165, 1.54) is 0 Å². The van der Waals surface area contributed by atoms with Crippen LogP contribution in [0, 0.1) is 11.3 Å². The number of amides is 1.